The van der Waals surface area contributed by atoms with E-state index in [1.807, 2.05) is 24.3 Å². The normalized spacial score (nSPS) is 13.0. The zero-order valence-electron chi connectivity index (χ0n) is 7.91. The zero-order chi connectivity index (χ0) is 9.97. The Hall–Kier alpha value is -1.05. The van der Waals surface area contributed by atoms with Crippen molar-refractivity contribution in [2.45, 2.75) is 5.56 Å². The Bertz CT molecular complexity index is 434. The summed E-state index contributed by atoms with van der Waals surface area (Å²) in [5.41, 5.74) is 0.647. The van der Waals surface area contributed by atoms with E-state index >= 15 is 0 Å². The van der Waals surface area contributed by atoms with Crippen molar-refractivity contribution in [1.29, 1.82) is 0 Å². The van der Waals surface area contributed by atoms with Crippen LogP contribution in [0, 0.1) is 0 Å². The fraction of sp³-hybridized carbons (Fsp3) is 0.167. The molecule has 0 aliphatic heterocycles. The van der Waals surface area contributed by atoms with E-state index in [1.165, 1.54) is 5.39 Å². The third-order valence-corrected chi connectivity index (χ3v) is 2.69. The van der Waals surface area contributed by atoms with Gasteiger partial charge in [0, 0.05) is 12.7 Å². The van der Waals surface area contributed by atoms with Crippen LogP contribution in [0.15, 0.2) is 42.5 Å². The van der Waals surface area contributed by atoms with Crippen LogP contribution >= 0.6 is 11.6 Å². The molecule has 0 amide bonds. The molecular weight excluding hydrogens is 196 g/mol. The molecule has 0 aliphatic rings. The summed E-state index contributed by atoms with van der Waals surface area (Å²) in [6.07, 6.45) is 0. The SMILES string of the molecule is COC(Cl)c1cccc2ccccc12. The Labute approximate surface area is 88.3 Å². The molecule has 0 radical (unpaired) electrons. The first-order chi connectivity index (χ1) is 6.83. The lowest BCUT2D eigenvalue weighted by atomic mass is 10.1. The predicted octanol–water partition coefficient (Wildman–Crippen LogP) is 3.72. The first kappa shape index (κ1) is 9.50. The van der Waals surface area contributed by atoms with Gasteiger partial charge in [0.05, 0.1) is 0 Å². The van der Waals surface area contributed by atoms with Crippen molar-refractivity contribution in [2.24, 2.45) is 0 Å². The van der Waals surface area contributed by atoms with E-state index in [2.05, 4.69) is 18.2 Å². The van der Waals surface area contributed by atoms with E-state index in [0.717, 1.165) is 10.9 Å². The number of benzene rings is 2. The summed E-state index contributed by atoms with van der Waals surface area (Å²) in [4.78, 5) is 0. The van der Waals surface area contributed by atoms with E-state index in [-0.39, 0.29) is 5.56 Å². The van der Waals surface area contributed by atoms with E-state index in [4.69, 9.17) is 16.3 Å². The smallest absolute Gasteiger partial charge is 0.156 e. The van der Waals surface area contributed by atoms with Crippen molar-refractivity contribution in [3.05, 3.63) is 48.0 Å². The lowest BCUT2D eigenvalue weighted by Crippen LogP contribution is -1.93. The molecular formula is C12H11ClO. The van der Waals surface area contributed by atoms with E-state index in [0.29, 0.717) is 0 Å². The van der Waals surface area contributed by atoms with Gasteiger partial charge in [-0.15, -0.1) is 0 Å². The van der Waals surface area contributed by atoms with Gasteiger partial charge in [0.1, 0.15) is 0 Å². The Morgan fingerprint density at radius 2 is 1.79 bits per heavy atom. The van der Waals surface area contributed by atoms with Gasteiger partial charge in [0.25, 0.3) is 0 Å². The molecule has 0 bridgehead atoms. The first-order valence-corrected chi connectivity index (χ1v) is 4.91. The maximum absolute atomic E-state index is 6.05. The maximum Gasteiger partial charge on any atom is 0.156 e. The second-order valence-corrected chi connectivity index (χ2v) is 3.52. The van der Waals surface area contributed by atoms with Gasteiger partial charge in [-0.2, -0.15) is 0 Å². The minimum atomic E-state index is -0.374. The second kappa shape index (κ2) is 3.99. The molecule has 0 aromatic heterocycles. The lowest BCUT2D eigenvalue weighted by Gasteiger charge is -2.10. The largest absolute Gasteiger partial charge is 0.361 e. The molecule has 1 nitrogen and oxygen atoms in total. The van der Waals surface area contributed by atoms with Crippen LogP contribution < -0.4 is 0 Å². The summed E-state index contributed by atoms with van der Waals surface area (Å²) in [6.45, 7) is 0. The summed E-state index contributed by atoms with van der Waals surface area (Å²) in [7, 11) is 1.61. The molecule has 0 fully saturated rings. The molecule has 1 unspecified atom stereocenters. The first-order valence-electron chi connectivity index (χ1n) is 4.47. The minimum Gasteiger partial charge on any atom is -0.361 e. The van der Waals surface area contributed by atoms with Crippen LogP contribution in [0.5, 0.6) is 0 Å². The molecule has 0 heterocycles. The molecule has 0 N–H and O–H groups in total. The monoisotopic (exact) mass is 206 g/mol. The van der Waals surface area contributed by atoms with Crippen LogP contribution in [0.4, 0.5) is 0 Å². The Morgan fingerprint density at radius 3 is 2.57 bits per heavy atom. The molecule has 2 heteroatoms. The predicted molar refractivity (Wildman–Crippen MR) is 59.6 cm³/mol. The molecule has 2 aromatic carbocycles. The summed E-state index contributed by atoms with van der Waals surface area (Å²) < 4.78 is 5.11. The Balaban J connectivity index is 2.65. The maximum atomic E-state index is 6.05. The number of rotatable bonds is 2. The van der Waals surface area contributed by atoms with Gasteiger partial charge >= 0.3 is 0 Å². The van der Waals surface area contributed by atoms with Gasteiger partial charge in [0.15, 0.2) is 5.56 Å². The molecule has 0 spiro atoms. The van der Waals surface area contributed by atoms with Gasteiger partial charge < -0.3 is 4.74 Å². The highest BCUT2D eigenvalue weighted by molar-refractivity contribution is 6.20. The molecule has 0 saturated carbocycles. The fourth-order valence-corrected chi connectivity index (χ4v) is 1.77. The Morgan fingerprint density at radius 1 is 1.07 bits per heavy atom. The van der Waals surface area contributed by atoms with Crippen LogP contribution in [0.3, 0.4) is 0 Å². The Kier molecular flexibility index (Phi) is 2.71. The number of ether oxygens (including phenoxy) is 1. The average molecular weight is 207 g/mol. The summed E-state index contributed by atoms with van der Waals surface area (Å²) in [6, 6.07) is 14.2. The van der Waals surface area contributed by atoms with E-state index in [9.17, 15) is 0 Å². The molecule has 2 rings (SSSR count). The van der Waals surface area contributed by atoms with Crippen LogP contribution in [0.25, 0.3) is 10.8 Å². The topological polar surface area (TPSA) is 9.23 Å². The molecule has 72 valence electrons. The average Bonchev–Trinajstić information content (AvgIpc) is 2.27. The lowest BCUT2D eigenvalue weighted by molar-refractivity contribution is 0.171. The van der Waals surface area contributed by atoms with Crippen molar-refractivity contribution >= 4 is 22.4 Å². The minimum absolute atomic E-state index is 0.374. The van der Waals surface area contributed by atoms with E-state index < -0.39 is 0 Å². The van der Waals surface area contributed by atoms with Gasteiger partial charge in [-0.1, -0.05) is 54.1 Å². The summed E-state index contributed by atoms with van der Waals surface area (Å²) >= 11 is 6.05. The standard InChI is InChI=1S/C12H11ClO/c1-14-12(13)11-8-4-6-9-5-2-3-7-10(9)11/h2-8,12H,1H3. The highest BCUT2D eigenvalue weighted by Crippen LogP contribution is 2.28. The molecule has 14 heavy (non-hydrogen) atoms. The quantitative estimate of drug-likeness (QED) is 0.681. The van der Waals surface area contributed by atoms with Crippen molar-refractivity contribution in [1.82, 2.24) is 0 Å². The molecule has 0 saturated heterocycles. The summed E-state index contributed by atoms with van der Waals surface area (Å²) in [5, 5.41) is 2.34. The number of hydrogen-bond donors (Lipinski definition) is 0. The fourth-order valence-electron chi connectivity index (χ4n) is 1.58. The van der Waals surface area contributed by atoms with Gasteiger partial charge in [0.2, 0.25) is 0 Å². The van der Waals surface area contributed by atoms with Crippen LogP contribution in [0.2, 0.25) is 0 Å². The number of fused-ring (bicyclic) bond motifs is 1. The van der Waals surface area contributed by atoms with Crippen molar-refractivity contribution in [2.75, 3.05) is 7.11 Å². The highest BCUT2D eigenvalue weighted by atomic mass is 35.5. The zero-order valence-corrected chi connectivity index (χ0v) is 8.66. The van der Waals surface area contributed by atoms with Crippen LogP contribution in [-0.4, -0.2) is 7.11 Å². The number of methoxy groups -OCH3 is 1. The van der Waals surface area contributed by atoms with Crippen molar-refractivity contribution in [3.8, 4) is 0 Å². The van der Waals surface area contributed by atoms with Crippen molar-refractivity contribution in [3.63, 3.8) is 0 Å². The number of halogens is 1. The van der Waals surface area contributed by atoms with Gasteiger partial charge in [-0.25, -0.2) is 0 Å². The van der Waals surface area contributed by atoms with Crippen molar-refractivity contribution < 1.29 is 4.74 Å². The van der Waals surface area contributed by atoms with E-state index in [1.54, 1.807) is 7.11 Å². The number of alkyl halides is 1. The number of hydrogen-bond acceptors (Lipinski definition) is 1. The third-order valence-electron chi connectivity index (χ3n) is 2.27. The van der Waals surface area contributed by atoms with Gasteiger partial charge in [-0.3, -0.25) is 0 Å². The van der Waals surface area contributed by atoms with Gasteiger partial charge in [-0.05, 0) is 10.8 Å². The van der Waals surface area contributed by atoms with Crippen LogP contribution in [0.1, 0.15) is 11.1 Å². The second-order valence-electron chi connectivity index (χ2n) is 3.12. The molecule has 2 aromatic rings. The third kappa shape index (κ3) is 1.61. The molecule has 1 atom stereocenters. The highest BCUT2D eigenvalue weighted by Gasteiger charge is 2.08. The van der Waals surface area contributed by atoms with Crippen LogP contribution in [-0.2, 0) is 4.74 Å². The summed E-state index contributed by atoms with van der Waals surface area (Å²) in [5.74, 6) is 0. The molecule has 0 aliphatic carbocycles.